The number of rotatable bonds is 6. The van der Waals surface area contributed by atoms with Crippen LogP contribution >= 0.6 is 0 Å². The summed E-state index contributed by atoms with van der Waals surface area (Å²) in [5, 5.41) is 15.7. The Hall–Kier alpha value is -3.22. The van der Waals surface area contributed by atoms with Crippen LogP contribution in [0.5, 0.6) is 11.6 Å². The van der Waals surface area contributed by atoms with E-state index in [0.29, 0.717) is 29.8 Å². The van der Waals surface area contributed by atoms with E-state index in [-0.39, 0.29) is 5.91 Å². The van der Waals surface area contributed by atoms with E-state index >= 15 is 0 Å². The Morgan fingerprint density at radius 2 is 1.86 bits per heavy atom. The maximum atomic E-state index is 12.2. The molecule has 7 nitrogen and oxygen atoms in total. The number of ether oxygens (including phenoxy) is 1. The Kier molecular flexibility index (Phi) is 5.55. The standard InChI is InChI=1S/C22H25N5O2/c1-15-13-16(2)27(26-15)20-11-12-22(25-24-20)29-19-9-7-18(8-10-19)23-21(28)14-17-5-3-4-6-17/h7-13,17H,3-6,14H2,1-2H3,(H,23,28). The molecule has 4 rings (SSSR count). The lowest BCUT2D eigenvalue weighted by Gasteiger charge is -2.10. The number of anilines is 1. The fourth-order valence-electron chi connectivity index (χ4n) is 3.76. The van der Waals surface area contributed by atoms with Crippen LogP contribution in [-0.2, 0) is 4.79 Å². The topological polar surface area (TPSA) is 81.9 Å². The van der Waals surface area contributed by atoms with Gasteiger partial charge < -0.3 is 10.1 Å². The van der Waals surface area contributed by atoms with Gasteiger partial charge in [0, 0.05) is 23.9 Å². The molecule has 7 heteroatoms. The van der Waals surface area contributed by atoms with Gasteiger partial charge in [-0.1, -0.05) is 12.8 Å². The summed E-state index contributed by atoms with van der Waals surface area (Å²) in [7, 11) is 0. The predicted molar refractivity (Wildman–Crippen MR) is 110 cm³/mol. The van der Waals surface area contributed by atoms with Crippen molar-refractivity contribution < 1.29 is 9.53 Å². The van der Waals surface area contributed by atoms with Gasteiger partial charge in [-0.15, -0.1) is 10.2 Å². The number of amides is 1. The first-order valence-electron chi connectivity index (χ1n) is 10.0. The minimum absolute atomic E-state index is 0.0798. The van der Waals surface area contributed by atoms with Gasteiger partial charge in [0.15, 0.2) is 5.82 Å². The van der Waals surface area contributed by atoms with Crippen molar-refractivity contribution in [2.75, 3.05) is 5.32 Å². The van der Waals surface area contributed by atoms with Crippen LogP contribution in [-0.4, -0.2) is 25.9 Å². The summed E-state index contributed by atoms with van der Waals surface area (Å²) in [6, 6.07) is 12.8. The van der Waals surface area contributed by atoms with E-state index in [4.69, 9.17) is 4.74 Å². The van der Waals surface area contributed by atoms with Crippen molar-refractivity contribution in [1.82, 2.24) is 20.0 Å². The molecule has 0 aliphatic heterocycles. The highest BCUT2D eigenvalue weighted by Gasteiger charge is 2.18. The molecule has 0 unspecified atom stereocenters. The lowest BCUT2D eigenvalue weighted by molar-refractivity contribution is -0.117. The summed E-state index contributed by atoms with van der Waals surface area (Å²) < 4.78 is 7.50. The van der Waals surface area contributed by atoms with E-state index in [0.717, 1.165) is 17.1 Å². The number of hydrogen-bond acceptors (Lipinski definition) is 5. The minimum atomic E-state index is 0.0798. The number of aryl methyl sites for hydroxylation is 2. The monoisotopic (exact) mass is 391 g/mol. The number of carbonyl (C=O) groups excluding carboxylic acids is 1. The third kappa shape index (κ3) is 4.80. The molecule has 29 heavy (non-hydrogen) atoms. The summed E-state index contributed by atoms with van der Waals surface area (Å²) in [4.78, 5) is 12.2. The van der Waals surface area contributed by atoms with Gasteiger partial charge in [0.2, 0.25) is 11.8 Å². The third-order valence-corrected chi connectivity index (χ3v) is 5.16. The van der Waals surface area contributed by atoms with Crippen molar-refractivity contribution in [2.45, 2.75) is 46.0 Å². The van der Waals surface area contributed by atoms with E-state index in [1.165, 1.54) is 25.7 Å². The van der Waals surface area contributed by atoms with Crippen molar-refractivity contribution >= 4 is 11.6 Å². The molecule has 1 fully saturated rings. The van der Waals surface area contributed by atoms with Crippen LogP contribution in [0.2, 0.25) is 0 Å². The van der Waals surface area contributed by atoms with Crippen molar-refractivity contribution in [3.63, 3.8) is 0 Å². The molecule has 1 saturated carbocycles. The summed E-state index contributed by atoms with van der Waals surface area (Å²) >= 11 is 0. The van der Waals surface area contributed by atoms with Crippen LogP contribution in [0.15, 0.2) is 42.5 Å². The van der Waals surface area contributed by atoms with Crippen molar-refractivity contribution in [1.29, 1.82) is 0 Å². The van der Waals surface area contributed by atoms with Crippen molar-refractivity contribution in [3.05, 3.63) is 53.9 Å². The van der Waals surface area contributed by atoms with Gasteiger partial charge >= 0.3 is 0 Å². The van der Waals surface area contributed by atoms with E-state index in [1.54, 1.807) is 10.7 Å². The zero-order valence-electron chi connectivity index (χ0n) is 16.8. The maximum absolute atomic E-state index is 12.2. The number of nitrogens with one attached hydrogen (secondary N) is 1. The Balaban J connectivity index is 1.34. The highest BCUT2D eigenvalue weighted by molar-refractivity contribution is 5.90. The Bertz CT molecular complexity index is 973. The van der Waals surface area contributed by atoms with Crippen molar-refractivity contribution in [3.8, 4) is 17.4 Å². The highest BCUT2D eigenvalue weighted by Crippen LogP contribution is 2.28. The molecule has 0 atom stereocenters. The molecule has 1 aromatic carbocycles. The molecule has 1 aliphatic rings. The third-order valence-electron chi connectivity index (χ3n) is 5.16. The summed E-state index contributed by atoms with van der Waals surface area (Å²) in [5.41, 5.74) is 2.70. The quantitative estimate of drug-likeness (QED) is 0.664. The minimum Gasteiger partial charge on any atom is -0.438 e. The van der Waals surface area contributed by atoms with Crippen molar-refractivity contribution in [2.24, 2.45) is 5.92 Å². The maximum Gasteiger partial charge on any atom is 0.238 e. The molecule has 0 spiro atoms. The van der Waals surface area contributed by atoms with Crippen LogP contribution < -0.4 is 10.1 Å². The molecule has 0 bridgehead atoms. The zero-order valence-corrected chi connectivity index (χ0v) is 16.8. The second kappa shape index (κ2) is 8.43. The Labute approximate surface area is 170 Å². The smallest absolute Gasteiger partial charge is 0.238 e. The van der Waals surface area contributed by atoms with Crippen LogP contribution in [0.25, 0.3) is 5.82 Å². The number of carbonyl (C=O) groups is 1. The largest absolute Gasteiger partial charge is 0.438 e. The van der Waals surface area contributed by atoms with Crippen LogP contribution in [0.4, 0.5) is 5.69 Å². The van der Waals surface area contributed by atoms with Gasteiger partial charge in [-0.2, -0.15) is 5.10 Å². The molecular weight excluding hydrogens is 366 g/mol. The fourth-order valence-corrected chi connectivity index (χ4v) is 3.76. The first kappa shape index (κ1) is 19.1. The van der Waals surface area contributed by atoms with Gasteiger partial charge in [-0.25, -0.2) is 4.68 Å². The molecule has 0 radical (unpaired) electrons. The Morgan fingerprint density at radius 1 is 1.10 bits per heavy atom. The Morgan fingerprint density at radius 3 is 2.48 bits per heavy atom. The second-order valence-corrected chi connectivity index (χ2v) is 7.60. The first-order chi connectivity index (χ1) is 14.1. The van der Waals surface area contributed by atoms with Gasteiger partial charge in [0.1, 0.15) is 5.75 Å². The van der Waals surface area contributed by atoms with Gasteiger partial charge in [0.25, 0.3) is 0 Å². The molecule has 2 heterocycles. The lowest BCUT2D eigenvalue weighted by Crippen LogP contribution is -2.14. The first-order valence-corrected chi connectivity index (χ1v) is 10.0. The SMILES string of the molecule is Cc1cc(C)n(-c2ccc(Oc3ccc(NC(=O)CC4CCCC4)cc3)nn2)n1. The predicted octanol–water partition coefficient (Wildman–Crippen LogP) is 4.59. The van der Waals surface area contributed by atoms with Gasteiger partial charge in [-0.05, 0) is 69.0 Å². The molecule has 150 valence electrons. The van der Waals surface area contributed by atoms with E-state index in [2.05, 4.69) is 20.6 Å². The molecule has 0 saturated heterocycles. The molecule has 3 aromatic rings. The van der Waals surface area contributed by atoms with Crippen LogP contribution in [0, 0.1) is 19.8 Å². The summed E-state index contributed by atoms with van der Waals surface area (Å²) in [6.45, 7) is 3.91. The fraction of sp³-hybridized carbons (Fsp3) is 0.364. The number of benzene rings is 1. The molecule has 1 aliphatic carbocycles. The number of aromatic nitrogens is 4. The summed E-state index contributed by atoms with van der Waals surface area (Å²) in [6.07, 6.45) is 5.43. The zero-order chi connectivity index (χ0) is 20.2. The van der Waals surface area contributed by atoms with E-state index in [1.807, 2.05) is 50.2 Å². The molecule has 2 aromatic heterocycles. The molecular formula is C22H25N5O2. The average Bonchev–Trinajstić information content (AvgIpc) is 3.33. The van der Waals surface area contributed by atoms with Crippen LogP contribution in [0.3, 0.4) is 0 Å². The average molecular weight is 391 g/mol. The lowest BCUT2D eigenvalue weighted by atomic mass is 10.0. The molecule has 1 N–H and O–H groups in total. The number of nitrogens with zero attached hydrogens (tertiary/aromatic N) is 4. The number of hydrogen-bond donors (Lipinski definition) is 1. The van der Waals surface area contributed by atoms with Gasteiger partial charge in [0.05, 0.1) is 5.69 Å². The van der Waals surface area contributed by atoms with E-state index in [9.17, 15) is 4.79 Å². The normalized spacial score (nSPS) is 14.1. The van der Waals surface area contributed by atoms with Crippen LogP contribution in [0.1, 0.15) is 43.5 Å². The van der Waals surface area contributed by atoms with Gasteiger partial charge in [-0.3, -0.25) is 4.79 Å². The second-order valence-electron chi connectivity index (χ2n) is 7.60. The molecule has 1 amide bonds. The highest BCUT2D eigenvalue weighted by atomic mass is 16.5. The summed E-state index contributed by atoms with van der Waals surface area (Å²) in [5.74, 6) is 2.29. The van der Waals surface area contributed by atoms with E-state index < -0.39 is 0 Å².